The zero-order chi connectivity index (χ0) is 19.2. The number of amides is 1. The highest BCUT2D eigenvalue weighted by molar-refractivity contribution is 5.96. The zero-order valence-electron chi connectivity index (χ0n) is 15.6. The Hall–Kier alpha value is -2.50. The van der Waals surface area contributed by atoms with Crippen molar-refractivity contribution in [2.75, 3.05) is 6.61 Å². The number of hydrogen-bond acceptors (Lipinski definition) is 4. The first-order valence-electron chi connectivity index (χ1n) is 9.56. The van der Waals surface area contributed by atoms with Gasteiger partial charge >= 0.3 is 5.97 Å². The minimum atomic E-state index is -0.598. The molecule has 1 fully saturated rings. The highest BCUT2D eigenvalue weighted by atomic mass is 19.1. The van der Waals surface area contributed by atoms with E-state index in [4.69, 9.17) is 4.74 Å². The van der Waals surface area contributed by atoms with Crippen LogP contribution in [0.4, 0.5) is 4.39 Å². The van der Waals surface area contributed by atoms with Crippen LogP contribution in [-0.2, 0) is 9.53 Å². The Bertz CT molecular complexity index is 830. The van der Waals surface area contributed by atoms with Gasteiger partial charge in [-0.15, -0.1) is 0 Å². The molecule has 1 heterocycles. The van der Waals surface area contributed by atoms with E-state index in [1.165, 1.54) is 31.4 Å². The lowest BCUT2D eigenvalue weighted by Crippen LogP contribution is -2.38. The van der Waals surface area contributed by atoms with Crippen molar-refractivity contribution in [3.63, 3.8) is 0 Å². The minimum absolute atomic E-state index is 0.162. The smallest absolute Gasteiger partial charge is 0.340 e. The fourth-order valence-corrected chi connectivity index (χ4v) is 3.52. The Labute approximate surface area is 158 Å². The molecule has 1 saturated carbocycles. The quantitative estimate of drug-likeness (QED) is 0.822. The topological polar surface area (TPSA) is 68.3 Å². The number of aromatic nitrogens is 1. The maximum atomic E-state index is 13.3. The Morgan fingerprint density at radius 1 is 1.15 bits per heavy atom. The van der Waals surface area contributed by atoms with E-state index in [9.17, 15) is 14.0 Å². The van der Waals surface area contributed by atoms with Gasteiger partial charge in [-0.1, -0.05) is 32.1 Å². The molecule has 6 heteroatoms. The lowest BCUT2D eigenvalue weighted by Gasteiger charge is -2.21. The number of halogens is 1. The fraction of sp³-hybridized carbons (Fsp3) is 0.476. The number of carbonyl (C=O) groups excluding carboxylic acids is 2. The second-order valence-electron chi connectivity index (χ2n) is 7.14. The first-order chi connectivity index (χ1) is 13.0. The maximum absolute atomic E-state index is 13.3. The summed E-state index contributed by atoms with van der Waals surface area (Å²) in [5, 5.41) is 3.62. The number of nitrogens with zero attached hydrogens (tertiary/aromatic N) is 1. The Morgan fingerprint density at radius 3 is 2.59 bits per heavy atom. The van der Waals surface area contributed by atoms with Crippen molar-refractivity contribution < 1.29 is 18.7 Å². The van der Waals surface area contributed by atoms with E-state index in [1.54, 1.807) is 19.1 Å². The third-order valence-corrected chi connectivity index (χ3v) is 4.99. The molecule has 0 bridgehead atoms. The number of carbonyl (C=O) groups is 2. The average molecular weight is 372 g/mol. The Morgan fingerprint density at radius 2 is 1.85 bits per heavy atom. The Balaban J connectivity index is 1.58. The summed E-state index contributed by atoms with van der Waals surface area (Å²) < 4.78 is 18.5. The molecule has 2 aromatic rings. The molecule has 5 nitrogen and oxygen atoms in total. The van der Waals surface area contributed by atoms with Gasteiger partial charge in [-0.25, -0.2) is 9.18 Å². The van der Waals surface area contributed by atoms with Crippen LogP contribution in [0.25, 0.3) is 10.9 Å². The predicted molar refractivity (Wildman–Crippen MR) is 101 cm³/mol. The van der Waals surface area contributed by atoms with Gasteiger partial charge in [0.15, 0.2) is 6.61 Å². The summed E-state index contributed by atoms with van der Waals surface area (Å²) in [4.78, 5) is 28.7. The van der Waals surface area contributed by atoms with Gasteiger partial charge in [-0.2, -0.15) is 0 Å². The van der Waals surface area contributed by atoms with Crippen LogP contribution < -0.4 is 5.32 Å². The summed E-state index contributed by atoms with van der Waals surface area (Å²) in [7, 11) is 0. The van der Waals surface area contributed by atoms with E-state index < -0.39 is 5.97 Å². The van der Waals surface area contributed by atoms with Crippen molar-refractivity contribution in [3.8, 4) is 0 Å². The van der Waals surface area contributed by atoms with Crippen LogP contribution in [-0.4, -0.2) is 29.5 Å². The molecule has 0 saturated heterocycles. The third kappa shape index (κ3) is 5.25. The molecule has 0 radical (unpaired) electrons. The van der Waals surface area contributed by atoms with E-state index in [0.717, 1.165) is 25.7 Å². The average Bonchev–Trinajstić information content (AvgIpc) is 2.61. The van der Waals surface area contributed by atoms with Gasteiger partial charge < -0.3 is 10.1 Å². The van der Waals surface area contributed by atoms with Crippen LogP contribution in [0, 0.1) is 12.7 Å². The number of ether oxygens (including phenoxy) is 1. The van der Waals surface area contributed by atoms with Crippen molar-refractivity contribution in [2.24, 2.45) is 0 Å². The van der Waals surface area contributed by atoms with E-state index in [1.807, 2.05) is 0 Å². The lowest BCUT2D eigenvalue weighted by molar-refractivity contribution is -0.125. The normalized spacial score (nSPS) is 15.8. The van der Waals surface area contributed by atoms with Crippen molar-refractivity contribution >= 4 is 22.8 Å². The van der Waals surface area contributed by atoms with Gasteiger partial charge in [-0.05, 0) is 38.0 Å². The molecule has 1 aliphatic rings. The van der Waals surface area contributed by atoms with Crippen molar-refractivity contribution in [1.29, 1.82) is 0 Å². The lowest BCUT2D eigenvalue weighted by atomic mass is 9.97. The molecule has 1 amide bonds. The van der Waals surface area contributed by atoms with Crippen molar-refractivity contribution in [3.05, 3.63) is 41.3 Å². The monoisotopic (exact) mass is 372 g/mol. The van der Waals surface area contributed by atoms with Gasteiger partial charge in [0.1, 0.15) is 5.82 Å². The van der Waals surface area contributed by atoms with Crippen LogP contribution in [0.3, 0.4) is 0 Å². The summed E-state index contributed by atoms with van der Waals surface area (Å²) >= 11 is 0. The summed E-state index contributed by atoms with van der Waals surface area (Å²) in [6, 6.07) is 5.98. The number of esters is 1. The van der Waals surface area contributed by atoms with Crippen LogP contribution in [0.15, 0.2) is 24.3 Å². The number of benzene rings is 1. The van der Waals surface area contributed by atoms with Crippen LogP contribution in [0.1, 0.15) is 61.0 Å². The number of rotatable bonds is 4. The largest absolute Gasteiger partial charge is 0.452 e. The predicted octanol–water partition coefficient (Wildman–Crippen LogP) is 4.07. The van der Waals surface area contributed by atoms with Gasteiger partial charge in [0, 0.05) is 17.5 Å². The van der Waals surface area contributed by atoms with Gasteiger partial charge in [0.2, 0.25) is 0 Å². The fourth-order valence-electron chi connectivity index (χ4n) is 3.52. The molecule has 0 unspecified atom stereocenters. The minimum Gasteiger partial charge on any atom is -0.452 e. The van der Waals surface area contributed by atoms with E-state index in [0.29, 0.717) is 16.6 Å². The third-order valence-electron chi connectivity index (χ3n) is 4.99. The van der Waals surface area contributed by atoms with E-state index in [2.05, 4.69) is 10.3 Å². The molecule has 1 N–H and O–H groups in total. The molecule has 0 aliphatic heterocycles. The highest BCUT2D eigenvalue weighted by Crippen LogP contribution is 2.19. The van der Waals surface area contributed by atoms with E-state index in [-0.39, 0.29) is 29.9 Å². The van der Waals surface area contributed by atoms with E-state index >= 15 is 0 Å². The summed E-state index contributed by atoms with van der Waals surface area (Å²) in [5.41, 5.74) is 1.21. The molecule has 27 heavy (non-hydrogen) atoms. The second kappa shape index (κ2) is 8.93. The number of hydrogen-bond donors (Lipinski definition) is 1. The molecule has 1 aromatic carbocycles. The number of fused-ring (bicyclic) bond motifs is 1. The molecule has 1 aromatic heterocycles. The molecule has 1 aliphatic carbocycles. The number of nitrogens with one attached hydrogen (secondary N) is 1. The first-order valence-corrected chi connectivity index (χ1v) is 9.56. The summed E-state index contributed by atoms with van der Waals surface area (Å²) in [5.74, 6) is -1.25. The summed E-state index contributed by atoms with van der Waals surface area (Å²) in [6.45, 7) is 1.35. The van der Waals surface area contributed by atoms with Crippen molar-refractivity contribution in [2.45, 2.75) is 57.9 Å². The van der Waals surface area contributed by atoms with Crippen molar-refractivity contribution in [1.82, 2.24) is 10.3 Å². The molecule has 0 atom stereocenters. The van der Waals surface area contributed by atoms with Gasteiger partial charge in [0.05, 0.1) is 16.8 Å². The van der Waals surface area contributed by atoms with Gasteiger partial charge in [-0.3, -0.25) is 9.78 Å². The molecular weight excluding hydrogens is 347 g/mol. The first kappa shape index (κ1) is 19.3. The molecule has 0 spiro atoms. The highest BCUT2D eigenvalue weighted by Gasteiger charge is 2.18. The van der Waals surface area contributed by atoms with Crippen LogP contribution in [0.5, 0.6) is 0 Å². The maximum Gasteiger partial charge on any atom is 0.340 e. The second-order valence-corrected chi connectivity index (χ2v) is 7.14. The SMILES string of the molecule is Cc1nc2cc(F)ccc2cc1C(=O)OCC(=O)NC1CCCCCCC1. The zero-order valence-corrected chi connectivity index (χ0v) is 15.6. The van der Waals surface area contributed by atoms with Gasteiger partial charge in [0.25, 0.3) is 5.91 Å². The summed E-state index contributed by atoms with van der Waals surface area (Å²) in [6.07, 6.45) is 7.87. The number of aryl methyl sites for hydroxylation is 1. The van der Waals surface area contributed by atoms with Crippen LogP contribution >= 0.6 is 0 Å². The standard InChI is InChI=1S/C21H25FN2O3/c1-14-18(11-15-9-10-16(22)12-19(15)23-14)21(26)27-13-20(25)24-17-7-5-3-2-4-6-8-17/h9-12,17H,2-8,13H2,1H3,(H,24,25). The van der Waals surface area contributed by atoms with Crippen LogP contribution in [0.2, 0.25) is 0 Å². The Kier molecular flexibility index (Phi) is 6.37. The molecule has 144 valence electrons. The molecule has 3 rings (SSSR count). The number of pyridine rings is 1. The molecular formula is C21H25FN2O3.